The van der Waals surface area contributed by atoms with Gasteiger partial charge < -0.3 is 11.5 Å². The lowest BCUT2D eigenvalue weighted by molar-refractivity contribution is -0.385. The normalized spacial score (nSPS) is 33.1. The largest absolute Gasteiger partial charge is 0.378 e. The summed E-state index contributed by atoms with van der Waals surface area (Å²) < 4.78 is 27.7. The van der Waals surface area contributed by atoms with Crippen LogP contribution in [0.5, 0.6) is 0 Å². The van der Waals surface area contributed by atoms with Gasteiger partial charge in [0.25, 0.3) is 5.69 Å². The smallest absolute Gasteiger partial charge is 0.272 e. The van der Waals surface area contributed by atoms with E-state index in [2.05, 4.69) is 4.99 Å². The van der Waals surface area contributed by atoms with E-state index in [9.17, 15) is 18.9 Å². The van der Waals surface area contributed by atoms with Crippen LogP contribution in [-0.4, -0.2) is 21.4 Å². The molecule has 1 aromatic carbocycles. The first kappa shape index (κ1) is 15.2. The summed E-state index contributed by atoms with van der Waals surface area (Å²) >= 11 is 1.33. The van der Waals surface area contributed by atoms with Crippen molar-refractivity contribution in [3.05, 3.63) is 39.4 Å². The maximum absolute atomic E-state index is 14.3. The van der Waals surface area contributed by atoms with Gasteiger partial charge in [0.1, 0.15) is 0 Å². The van der Waals surface area contributed by atoms with E-state index in [1.165, 1.54) is 11.8 Å². The number of hydrogen-bond donors (Lipinski definition) is 2. The molecule has 0 radical (unpaired) electrons. The molecular weight excluding hydrogens is 314 g/mol. The minimum Gasteiger partial charge on any atom is -0.378 e. The number of halogens is 2. The molecule has 0 saturated heterocycles. The third kappa shape index (κ3) is 1.99. The molecule has 4 N–H and O–H groups in total. The van der Waals surface area contributed by atoms with Gasteiger partial charge in [0.2, 0.25) is 0 Å². The lowest BCUT2D eigenvalue weighted by Gasteiger charge is -2.33. The SMILES string of the molecule is C[C@]1(c2cc([N+](=O)[O-])cc(F)c2F)N=C(N)S[C@@]2(CN)C[C@H]21. The van der Waals surface area contributed by atoms with Gasteiger partial charge in [-0.1, -0.05) is 11.8 Å². The second kappa shape index (κ2) is 4.63. The molecule has 1 saturated carbocycles. The van der Waals surface area contributed by atoms with Crippen molar-refractivity contribution in [1.29, 1.82) is 0 Å². The Hall–Kier alpha value is -1.74. The Bertz CT molecular complexity index is 714. The van der Waals surface area contributed by atoms with E-state index in [4.69, 9.17) is 11.5 Å². The number of nitro groups is 1. The predicted molar refractivity (Wildman–Crippen MR) is 79.5 cm³/mol. The Labute approximate surface area is 129 Å². The molecule has 2 aliphatic rings. The number of hydrogen-bond acceptors (Lipinski definition) is 6. The summed E-state index contributed by atoms with van der Waals surface area (Å²) in [4.78, 5) is 14.4. The quantitative estimate of drug-likeness (QED) is 0.650. The maximum atomic E-state index is 14.3. The zero-order valence-corrected chi connectivity index (χ0v) is 12.5. The molecule has 3 atom stereocenters. The zero-order valence-electron chi connectivity index (χ0n) is 11.7. The van der Waals surface area contributed by atoms with Crippen molar-refractivity contribution in [2.75, 3.05) is 6.54 Å². The molecular formula is C13H14F2N4O2S. The first-order chi connectivity index (χ1) is 10.2. The average molecular weight is 328 g/mol. The van der Waals surface area contributed by atoms with Crippen molar-refractivity contribution in [1.82, 2.24) is 0 Å². The van der Waals surface area contributed by atoms with Crippen LogP contribution in [0.4, 0.5) is 14.5 Å². The first-order valence-corrected chi connectivity index (χ1v) is 7.43. The minimum absolute atomic E-state index is 0.141. The van der Waals surface area contributed by atoms with E-state index >= 15 is 0 Å². The lowest BCUT2D eigenvalue weighted by atomic mass is 9.85. The third-order valence-electron chi connectivity index (χ3n) is 4.47. The van der Waals surface area contributed by atoms with E-state index in [1.807, 2.05) is 0 Å². The van der Waals surface area contributed by atoms with Crippen LogP contribution < -0.4 is 11.5 Å². The van der Waals surface area contributed by atoms with Gasteiger partial charge >= 0.3 is 0 Å². The van der Waals surface area contributed by atoms with E-state index in [-0.39, 0.29) is 21.4 Å². The molecule has 1 aliphatic carbocycles. The van der Waals surface area contributed by atoms with Crippen LogP contribution in [0.3, 0.4) is 0 Å². The summed E-state index contributed by atoms with van der Waals surface area (Å²) in [6.45, 7) is 1.94. The number of rotatable bonds is 3. The standard InChI is InChI=1S/C13H14F2N4O2S/c1-12(9-4-13(9,5-16)22-11(17)18-12)7-2-6(19(20)21)3-8(14)10(7)15/h2-3,9H,4-5,16H2,1H3,(H2,17,18)/t9-,12+,13+/m0/s1. The molecule has 9 heteroatoms. The van der Waals surface area contributed by atoms with Crippen LogP contribution in [0, 0.1) is 27.7 Å². The van der Waals surface area contributed by atoms with Crippen molar-refractivity contribution in [3.8, 4) is 0 Å². The highest BCUT2D eigenvalue weighted by Crippen LogP contribution is 2.65. The van der Waals surface area contributed by atoms with Crippen LogP contribution in [0.2, 0.25) is 0 Å². The first-order valence-electron chi connectivity index (χ1n) is 6.62. The second-order valence-electron chi connectivity index (χ2n) is 5.77. The van der Waals surface area contributed by atoms with E-state index in [0.717, 1.165) is 6.07 Å². The summed E-state index contributed by atoms with van der Waals surface area (Å²) in [7, 11) is 0. The highest BCUT2D eigenvalue weighted by molar-refractivity contribution is 8.15. The Morgan fingerprint density at radius 2 is 2.23 bits per heavy atom. The maximum Gasteiger partial charge on any atom is 0.272 e. The molecule has 22 heavy (non-hydrogen) atoms. The van der Waals surface area contributed by atoms with Crippen LogP contribution in [0.15, 0.2) is 17.1 Å². The number of benzene rings is 1. The molecule has 3 rings (SSSR count). The highest BCUT2D eigenvalue weighted by atomic mass is 32.2. The third-order valence-corrected chi connectivity index (χ3v) is 5.79. The molecule has 1 aromatic rings. The number of nitro benzene ring substituents is 1. The second-order valence-corrected chi connectivity index (χ2v) is 7.21. The molecule has 118 valence electrons. The number of aliphatic imine (C=N–C) groups is 1. The number of fused-ring (bicyclic) bond motifs is 1. The molecule has 1 aliphatic heterocycles. The van der Waals surface area contributed by atoms with Gasteiger partial charge in [0.05, 0.1) is 16.5 Å². The van der Waals surface area contributed by atoms with Gasteiger partial charge in [-0.3, -0.25) is 15.1 Å². The van der Waals surface area contributed by atoms with Crippen molar-refractivity contribution < 1.29 is 13.7 Å². The minimum atomic E-state index is -1.27. The number of amidine groups is 1. The van der Waals surface area contributed by atoms with Crippen LogP contribution in [0.25, 0.3) is 0 Å². The average Bonchev–Trinajstić information content (AvgIpc) is 3.17. The fraction of sp³-hybridized carbons (Fsp3) is 0.462. The van der Waals surface area contributed by atoms with Crippen molar-refractivity contribution in [2.45, 2.75) is 23.6 Å². The molecule has 6 nitrogen and oxygen atoms in total. The van der Waals surface area contributed by atoms with Gasteiger partial charge in [-0.25, -0.2) is 8.78 Å². The van der Waals surface area contributed by atoms with Crippen molar-refractivity contribution in [3.63, 3.8) is 0 Å². The molecule has 0 bridgehead atoms. The van der Waals surface area contributed by atoms with E-state index in [1.54, 1.807) is 6.92 Å². The number of nitrogens with zero attached hydrogens (tertiary/aromatic N) is 2. The summed E-state index contributed by atoms with van der Waals surface area (Å²) in [6, 6.07) is 1.60. The summed E-state index contributed by atoms with van der Waals surface area (Å²) in [5, 5.41) is 11.1. The molecule has 0 spiro atoms. The lowest BCUT2D eigenvalue weighted by Crippen LogP contribution is -2.39. The predicted octanol–water partition coefficient (Wildman–Crippen LogP) is 1.87. The fourth-order valence-corrected chi connectivity index (χ4v) is 4.57. The molecule has 0 aromatic heterocycles. The summed E-state index contributed by atoms with van der Waals surface area (Å²) in [6.07, 6.45) is 0.651. The van der Waals surface area contributed by atoms with Gasteiger partial charge in [-0.15, -0.1) is 0 Å². The van der Waals surface area contributed by atoms with E-state index < -0.39 is 27.8 Å². The number of nitrogens with two attached hydrogens (primary N) is 2. The van der Waals surface area contributed by atoms with Crippen LogP contribution >= 0.6 is 11.8 Å². The summed E-state index contributed by atoms with van der Waals surface area (Å²) in [5.41, 5.74) is 9.77. The van der Waals surface area contributed by atoms with Crippen LogP contribution in [-0.2, 0) is 5.54 Å². The van der Waals surface area contributed by atoms with Gasteiger partial charge in [0.15, 0.2) is 16.8 Å². The topological polar surface area (TPSA) is 108 Å². The van der Waals surface area contributed by atoms with Gasteiger partial charge in [-0.05, 0) is 13.3 Å². The summed E-state index contributed by atoms with van der Waals surface area (Å²) in [5.74, 6) is -2.54. The fourth-order valence-electron chi connectivity index (χ4n) is 3.21. The Morgan fingerprint density at radius 1 is 1.55 bits per heavy atom. The highest BCUT2D eigenvalue weighted by Gasteiger charge is 2.66. The Morgan fingerprint density at radius 3 is 2.82 bits per heavy atom. The van der Waals surface area contributed by atoms with Crippen LogP contribution in [0.1, 0.15) is 18.9 Å². The molecule has 1 fully saturated rings. The van der Waals surface area contributed by atoms with Crippen molar-refractivity contribution >= 4 is 22.6 Å². The molecule has 0 amide bonds. The Balaban J connectivity index is 2.18. The molecule has 0 unspecified atom stereocenters. The Kier molecular flexibility index (Phi) is 3.19. The number of thioether (sulfide) groups is 1. The van der Waals surface area contributed by atoms with Crippen molar-refractivity contribution in [2.24, 2.45) is 22.4 Å². The monoisotopic (exact) mass is 328 g/mol. The number of non-ortho nitro benzene ring substituents is 1. The van der Waals surface area contributed by atoms with Gasteiger partial charge in [0, 0.05) is 28.8 Å². The molecule has 1 heterocycles. The zero-order chi connectivity index (χ0) is 16.3. The van der Waals surface area contributed by atoms with Gasteiger partial charge in [-0.2, -0.15) is 0 Å². The van der Waals surface area contributed by atoms with E-state index in [0.29, 0.717) is 19.0 Å².